The molecule has 1 heterocycles. The van der Waals surface area contributed by atoms with Crippen LogP contribution in [0, 0.1) is 0 Å². The van der Waals surface area contributed by atoms with Crippen LogP contribution < -0.4 is 15.4 Å². The average molecular weight is 346 g/mol. The van der Waals surface area contributed by atoms with Crippen molar-refractivity contribution in [3.8, 4) is 5.75 Å². The molecule has 0 radical (unpaired) electrons. The SMILES string of the molecule is O=C(CCNC(=O)c1cccs1)NCCCCOc1ccccc1. The number of carbonyl (C=O) groups excluding carboxylic acids is 2. The lowest BCUT2D eigenvalue weighted by atomic mass is 10.3. The number of amides is 2. The second kappa shape index (κ2) is 10.4. The summed E-state index contributed by atoms with van der Waals surface area (Å²) in [6, 6.07) is 13.3. The molecule has 1 aromatic heterocycles. The van der Waals surface area contributed by atoms with E-state index in [0.717, 1.165) is 18.6 Å². The van der Waals surface area contributed by atoms with Crippen molar-refractivity contribution in [2.75, 3.05) is 19.7 Å². The van der Waals surface area contributed by atoms with E-state index in [-0.39, 0.29) is 18.2 Å². The molecule has 2 rings (SSSR count). The lowest BCUT2D eigenvalue weighted by Gasteiger charge is -2.07. The van der Waals surface area contributed by atoms with Gasteiger partial charge >= 0.3 is 0 Å². The van der Waals surface area contributed by atoms with Gasteiger partial charge in [0.15, 0.2) is 0 Å². The van der Waals surface area contributed by atoms with E-state index in [1.54, 1.807) is 6.07 Å². The van der Waals surface area contributed by atoms with Gasteiger partial charge in [0.05, 0.1) is 11.5 Å². The molecule has 0 saturated carbocycles. The summed E-state index contributed by atoms with van der Waals surface area (Å²) in [6.45, 7) is 1.60. The third kappa shape index (κ3) is 6.83. The second-order valence-electron chi connectivity index (χ2n) is 5.20. The largest absolute Gasteiger partial charge is 0.494 e. The smallest absolute Gasteiger partial charge is 0.261 e. The highest BCUT2D eigenvalue weighted by Gasteiger charge is 2.06. The highest BCUT2D eigenvalue weighted by atomic mass is 32.1. The summed E-state index contributed by atoms with van der Waals surface area (Å²) in [5.41, 5.74) is 0. The average Bonchev–Trinajstić information content (AvgIpc) is 3.13. The molecular weight excluding hydrogens is 324 g/mol. The fourth-order valence-corrected chi connectivity index (χ4v) is 2.67. The first-order valence-electron chi connectivity index (χ1n) is 8.02. The van der Waals surface area contributed by atoms with Gasteiger partial charge in [0.25, 0.3) is 5.91 Å². The Hall–Kier alpha value is -2.34. The van der Waals surface area contributed by atoms with Crippen LogP contribution in [0.5, 0.6) is 5.75 Å². The molecule has 1 aromatic carbocycles. The first kappa shape index (κ1) is 18.0. The normalized spacial score (nSPS) is 10.2. The van der Waals surface area contributed by atoms with Crippen LogP contribution in [-0.2, 0) is 4.79 Å². The Bertz CT molecular complexity index is 614. The maximum Gasteiger partial charge on any atom is 0.261 e. The second-order valence-corrected chi connectivity index (χ2v) is 6.15. The lowest BCUT2D eigenvalue weighted by molar-refractivity contribution is -0.120. The zero-order valence-corrected chi connectivity index (χ0v) is 14.3. The van der Waals surface area contributed by atoms with Gasteiger partial charge in [0.1, 0.15) is 5.75 Å². The van der Waals surface area contributed by atoms with E-state index in [9.17, 15) is 9.59 Å². The summed E-state index contributed by atoms with van der Waals surface area (Å²) in [4.78, 5) is 24.0. The van der Waals surface area contributed by atoms with Crippen LogP contribution in [0.4, 0.5) is 0 Å². The van der Waals surface area contributed by atoms with Crippen LogP contribution in [0.25, 0.3) is 0 Å². The van der Waals surface area contributed by atoms with Crippen LogP contribution in [0.2, 0.25) is 0 Å². The summed E-state index contributed by atoms with van der Waals surface area (Å²) in [5.74, 6) is 0.685. The Morgan fingerprint density at radius 3 is 2.54 bits per heavy atom. The van der Waals surface area contributed by atoms with Gasteiger partial charge in [-0.3, -0.25) is 9.59 Å². The van der Waals surface area contributed by atoms with Gasteiger partial charge in [0, 0.05) is 19.5 Å². The standard InChI is InChI=1S/C18H22N2O3S/c21-17(10-12-20-18(22)16-9-6-14-24-16)19-11-4-5-13-23-15-7-2-1-3-8-15/h1-3,6-9,14H,4-5,10-13H2,(H,19,21)(H,20,22). The van der Waals surface area contributed by atoms with E-state index in [1.165, 1.54) is 11.3 Å². The number of carbonyl (C=O) groups is 2. The van der Waals surface area contributed by atoms with E-state index in [2.05, 4.69) is 10.6 Å². The molecule has 0 aliphatic carbocycles. The number of thiophene rings is 1. The summed E-state index contributed by atoms with van der Waals surface area (Å²) in [6.07, 6.45) is 2.03. The Morgan fingerprint density at radius 2 is 1.79 bits per heavy atom. The van der Waals surface area contributed by atoms with Crippen LogP contribution in [0.1, 0.15) is 28.9 Å². The zero-order chi connectivity index (χ0) is 17.0. The summed E-state index contributed by atoms with van der Waals surface area (Å²) >= 11 is 1.39. The molecule has 0 aliphatic rings. The molecule has 2 aromatic rings. The fourth-order valence-electron chi connectivity index (χ4n) is 2.03. The quantitative estimate of drug-likeness (QED) is 0.650. The molecule has 24 heavy (non-hydrogen) atoms. The predicted octanol–water partition coefficient (Wildman–Crippen LogP) is 2.84. The van der Waals surface area contributed by atoms with E-state index in [4.69, 9.17) is 4.74 Å². The van der Waals surface area contributed by atoms with E-state index in [1.807, 2.05) is 41.8 Å². The number of benzene rings is 1. The molecule has 0 aliphatic heterocycles. The van der Waals surface area contributed by atoms with Crippen molar-refractivity contribution in [1.29, 1.82) is 0 Å². The minimum atomic E-state index is -0.129. The monoisotopic (exact) mass is 346 g/mol. The molecule has 0 spiro atoms. The molecule has 0 atom stereocenters. The van der Waals surface area contributed by atoms with E-state index in [0.29, 0.717) is 24.6 Å². The molecule has 0 unspecified atom stereocenters. The van der Waals surface area contributed by atoms with Gasteiger partial charge in [-0.1, -0.05) is 24.3 Å². The number of rotatable bonds is 10. The number of hydrogen-bond acceptors (Lipinski definition) is 4. The van der Waals surface area contributed by atoms with Crippen LogP contribution in [-0.4, -0.2) is 31.5 Å². The minimum absolute atomic E-state index is 0.0505. The first-order valence-corrected chi connectivity index (χ1v) is 8.90. The summed E-state index contributed by atoms with van der Waals surface area (Å²) in [5, 5.41) is 7.43. The van der Waals surface area contributed by atoms with E-state index >= 15 is 0 Å². The summed E-state index contributed by atoms with van der Waals surface area (Å²) < 4.78 is 5.58. The molecule has 2 amide bonds. The summed E-state index contributed by atoms with van der Waals surface area (Å²) in [7, 11) is 0. The van der Waals surface area contributed by atoms with Crippen molar-refractivity contribution < 1.29 is 14.3 Å². The van der Waals surface area contributed by atoms with Gasteiger partial charge < -0.3 is 15.4 Å². The number of hydrogen-bond donors (Lipinski definition) is 2. The van der Waals surface area contributed by atoms with Gasteiger partial charge in [-0.25, -0.2) is 0 Å². The van der Waals surface area contributed by atoms with Crippen LogP contribution in [0.15, 0.2) is 47.8 Å². The predicted molar refractivity (Wildman–Crippen MR) is 95.4 cm³/mol. The first-order chi connectivity index (χ1) is 11.8. The van der Waals surface area contributed by atoms with Crippen LogP contribution >= 0.6 is 11.3 Å². The van der Waals surface area contributed by atoms with Crippen molar-refractivity contribution in [1.82, 2.24) is 10.6 Å². The maximum atomic E-state index is 11.7. The fraction of sp³-hybridized carbons (Fsp3) is 0.333. The number of ether oxygens (including phenoxy) is 1. The molecule has 128 valence electrons. The molecular formula is C18H22N2O3S. The van der Waals surface area contributed by atoms with Crippen LogP contribution in [0.3, 0.4) is 0 Å². The van der Waals surface area contributed by atoms with Gasteiger partial charge in [-0.2, -0.15) is 0 Å². The lowest BCUT2D eigenvalue weighted by Crippen LogP contribution is -2.31. The number of para-hydroxylation sites is 1. The van der Waals surface area contributed by atoms with E-state index < -0.39 is 0 Å². The highest BCUT2D eigenvalue weighted by molar-refractivity contribution is 7.12. The Labute approximate surface area is 146 Å². The molecule has 6 heteroatoms. The van der Waals surface area contributed by atoms with Crippen molar-refractivity contribution in [3.63, 3.8) is 0 Å². The third-order valence-corrected chi connectivity index (χ3v) is 4.16. The Morgan fingerprint density at radius 1 is 0.958 bits per heavy atom. The minimum Gasteiger partial charge on any atom is -0.494 e. The van der Waals surface area contributed by atoms with Crippen molar-refractivity contribution in [3.05, 3.63) is 52.7 Å². The molecule has 0 bridgehead atoms. The third-order valence-electron chi connectivity index (χ3n) is 3.29. The van der Waals surface area contributed by atoms with Gasteiger partial charge in [0.2, 0.25) is 5.91 Å². The molecule has 2 N–H and O–H groups in total. The zero-order valence-electron chi connectivity index (χ0n) is 13.5. The van der Waals surface area contributed by atoms with Crippen molar-refractivity contribution in [2.45, 2.75) is 19.3 Å². The maximum absolute atomic E-state index is 11.7. The van der Waals surface area contributed by atoms with Gasteiger partial charge in [-0.15, -0.1) is 11.3 Å². The number of nitrogens with one attached hydrogen (secondary N) is 2. The van der Waals surface area contributed by atoms with Crippen molar-refractivity contribution in [2.24, 2.45) is 0 Å². The number of unbranched alkanes of at least 4 members (excludes halogenated alkanes) is 1. The molecule has 0 fully saturated rings. The highest BCUT2D eigenvalue weighted by Crippen LogP contribution is 2.09. The Balaban J connectivity index is 1.46. The van der Waals surface area contributed by atoms with Gasteiger partial charge in [-0.05, 0) is 36.4 Å². The van der Waals surface area contributed by atoms with Crippen molar-refractivity contribution >= 4 is 23.2 Å². The molecule has 5 nitrogen and oxygen atoms in total. The molecule has 0 saturated heterocycles. The topological polar surface area (TPSA) is 67.4 Å². The Kier molecular flexibility index (Phi) is 7.83.